The van der Waals surface area contributed by atoms with Crippen LogP contribution in [0.4, 0.5) is 5.69 Å². The third-order valence-electron chi connectivity index (χ3n) is 5.67. The van der Waals surface area contributed by atoms with E-state index in [9.17, 15) is 13.2 Å². The number of benzene rings is 3. The molecule has 0 atom stereocenters. The van der Waals surface area contributed by atoms with Gasteiger partial charge in [0.2, 0.25) is 5.91 Å². The van der Waals surface area contributed by atoms with Crippen molar-refractivity contribution in [2.24, 2.45) is 0 Å². The lowest BCUT2D eigenvalue weighted by Crippen LogP contribution is -2.42. The van der Waals surface area contributed by atoms with E-state index in [2.05, 4.69) is 5.32 Å². The minimum Gasteiger partial charge on any atom is -0.495 e. The first kappa shape index (κ1) is 28.9. The second-order valence-corrected chi connectivity index (χ2v) is 10.6. The van der Waals surface area contributed by atoms with Crippen molar-refractivity contribution >= 4 is 33.2 Å². The predicted molar refractivity (Wildman–Crippen MR) is 147 cm³/mol. The van der Waals surface area contributed by atoms with E-state index >= 15 is 0 Å². The maximum Gasteiger partial charge on any atom is 0.265 e. The number of methoxy groups -OCH3 is 3. The van der Waals surface area contributed by atoms with Crippen molar-refractivity contribution in [1.82, 2.24) is 5.32 Å². The van der Waals surface area contributed by atoms with E-state index in [1.54, 1.807) is 6.07 Å². The Balaban J connectivity index is 1.86. The van der Waals surface area contributed by atoms with Gasteiger partial charge in [-0.2, -0.15) is 0 Å². The summed E-state index contributed by atoms with van der Waals surface area (Å²) in [5.74, 6) is 0.991. The number of sulfonamides is 1. The molecule has 0 saturated carbocycles. The van der Waals surface area contributed by atoms with Gasteiger partial charge in [-0.1, -0.05) is 23.7 Å². The van der Waals surface area contributed by atoms with Crippen molar-refractivity contribution in [2.75, 3.05) is 45.3 Å². The molecule has 0 aliphatic rings. The largest absolute Gasteiger partial charge is 0.495 e. The fraction of sp³-hybridized carbons (Fsp3) is 0.296. The van der Waals surface area contributed by atoms with Gasteiger partial charge < -0.3 is 24.3 Å². The highest BCUT2D eigenvalue weighted by atomic mass is 35.5. The fourth-order valence-electron chi connectivity index (χ4n) is 3.66. The Morgan fingerprint density at radius 1 is 0.868 bits per heavy atom. The average Bonchev–Trinajstić information content (AvgIpc) is 2.90. The Morgan fingerprint density at radius 3 is 2.24 bits per heavy atom. The molecule has 0 fully saturated rings. The highest BCUT2D eigenvalue weighted by Gasteiger charge is 2.30. The van der Waals surface area contributed by atoms with Crippen molar-refractivity contribution in [3.63, 3.8) is 0 Å². The minimum atomic E-state index is -4.27. The Kier molecular flexibility index (Phi) is 9.71. The molecular weight excluding hydrogens is 532 g/mol. The van der Waals surface area contributed by atoms with Crippen molar-refractivity contribution in [3.8, 4) is 23.0 Å². The zero-order valence-electron chi connectivity index (χ0n) is 21.9. The minimum absolute atomic E-state index is 0.108. The van der Waals surface area contributed by atoms with Gasteiger partial charge in [-0.3, -0.25) is 9.10 Å². The van der Waals surface area contributed by atoms with E-state index in [0.29, 0.717) is 5.75 Å². The molecule has 3 aromatic rings. The van der Waals surface area contributed by atoms with E-state index in [1.165, 1.54) is 51.7 Å². The van der Waals surface area contributed by atoms with Crippen LogP contribution < -0.4 is 28.6 Å². The molecule has 3 rings (SSSR count). The van der Waals surface area contributed by atoms with Gasteiger partial charge in [-0.15, -0.1) is 0 Å². The van der Waals surface area contributed by atoms with Crippen LogP contribution in [-0.4, -0.2) is 55.4 Å². The summed E-state index contributed by atoms with van der Waals surface area (Å²) < 4.78 is 50.3. The number of hydrogen-bond acceptors (Lipinski definition) is 7. The van der Waals surface area contributed by atoms with Gasteiger partial charge in [0.25, 0.3) is 10.0 Å². The number of aryl methyl sites for hydroxylation is 2. The number of carbonyl (C=O) groups excluding carboxylic acids is 1. The molecule has 3 aromatic carbocycles. The summed E-state index contributed by atoms with van der Waals surface area (Å²) in [5.41, 5.74) is 2.14. The van der Waals surface area contributed by atoms with Crippen LogP contribution in [0.1, 0.15) is 11.1 Å². The summed E-state index contributed by atoms with van der Waals surface area (Å²) in [6.07, 6.45) is 0. The van der Waals surface area contributed by atoms with E-state index in [0.717, 1.165) is 21.2 Å². The SMILES string of the molecule is COc1ccc(S(=O)(=O)N(CC(=O)NCCOc2cc(C)ccc2C)c2cc(Cl)ccc2OC)cc1OC. The molecule has 0 bridgehead atoms. The summed E-state index contributed by atoms with van der Waals surface area (Å²) in [6, 6.07) is 14.6. The van der Waals surface area contributed by atoms with Crippen LogP contribution in [0.25, 0.3) is 0 Å². The van der Waals surface area contributed by atoms with Crippen molar-refractivity contribution in [2.45, 2.75) is 18.7 Å². The topological polar surface area (TPSA) is 103 Å². The first-order valence-electron chi connectivity index (χ1n) is 11.7. The van der Waals surface area contributed by atoms with Gasteiger partial charge in [-0.25, -0.2) is 8.42 Å². The second-order valence-electron chi connectivity index (χ2n) is 8.31. The highest BCUT2D eigenvalue weighted by molar-refractivity contribution is 7.92. The summed E-state index contributed by atoms with van der Waals surface area (Å²) in [7, 11) is -0.0211. The van der Waals surface area contributed by atoms with Gasteiger partial charge in [-0.05, 0) is 61.4 Å². The molecule has 9 nitrogen and oxygen atoms in total. The van der Waals surface area contributed by atoms with Gasteiger partial charge in [0.15, 0.2) is 11.5 Å². The number of anilines is 1. The van der Waals surface area contributed by atoms with Gasteiger partial charge >= 0.3 is 0 Å². The van der Waals surface area contributed by atoms with Crippen LogP contribution in [-0.2, 0) is 14.8 Å². The molecular formula is C27H31ClN2O7S. The predicted octanol–water partition coefficient (Wildman–Crippen LogP) is 4.37. The van der Waals surface area contributed by atoms with Gasteiger partial charge in [0, 0.05) is 11.1 Å². The van der Waals surface area contributed by atoms with Crippen LogP contribution in [0.5, 0.6) is 23.0 Å². The Labute approximate surface area is 228 Å². The highest BCUT2D eigenvalue weighted by Crippen LogP contribution is 2.37. The number of nitrogens with one attached hydrogen (secondary N) is 1. The molecule has 0 aromatic heterocycles. The number of ether oxygens (including phenoxy) is 4. The maximum atomic E-state index is 13.8. The molecule has 0 radical (unpaired) electrons. The molecule has 0 saturated heterocycles. The van der Waals surface area contributed by atoms with E-state index in [4.69, 9.17) is 30.5 Å². The van der Waals surface area contributed by atoms with E-state index in [-0.39, 0.29) is 40.3 Å². The van der Waals surface area contributed by atoms with Gasteiger partial charge in [0.1, 0.15) is 24.7 Å². The van der Waals surface area contributed by atoms with Crippen LogP contribution >= 0.6 is 11.6 Å². The van der Waals surface area contributed by atoms with Gasteiger partial charge in [0.05, 0.1) is 38.5 Å². The third-order valence-corrected chi connectivity index (χ3v) is 7.66. The number of carbonyl (C=O) groups is 1. The lowest BCUT2D eigenvalue weighted by atomic mass is 10.1. The standard InChI is InChI=1S/C27H31ClN2O7S/c1-18-6-7-19(2)25(14-18)37-13-12-29-27(31)17-30(22-15-20(28)8-10-23(22)34-3)38(32,33)21-9-11-24(35-4)26(16-21)36-5/h6-11,14-16H,12-13,17H2,1-5H3,(H,29,31). The molecule has 0 aliphatic heterocycles. The molecule has 0 spiro atoms. The number of rotatable bonds is 12. The number of nitrogens with zero attached hydrogens (tertiary/aromatic N) is 1. The Bertz CT molecular complexity index is 1400. The van der Waals surface area contributed by atoms with E-state index < -0.39 is 22.5 Å². The molecule has 0 heterocycles. The monoisotopic (exact) mass is 562 g/mol. The summed E-state index contributed by atoms with van der Waals surface area (Å²) >= 11 is 6.19. The molecule has 0 aliphatic carbocycles. The first-order chi connectivity index (χ1) is 18.1. The number of hydrogen-bond donors (Lipinski definition) is 1. The normalized spacial score (nSPS) is 11.0. The lowest BCUT2D eigenvalue weighted by molar-refractivity contribution is -0.119. The third kappa shape index (κ3) is 6.81. The smallest absolute Gasteiger partial charge is 0.265 e. The maximum absolute atomic E-state index is 13.8. The number of halogens is 1. The van der Waals surface area contributed by atoms with E-state index in [1.807, 2.05) is 32.0 Å². The zero-order chi connectivity index (χ0) is 27.9. The lowest BCUT2D eigenvalue weighted by Gasteiger charge is -2.26. The average molecular weight is 563 g/mol. The quantitative estimate of drug-likeness (QED) is 0.327. The molecule has 0 unspecified atom stereocenters. The molecule has 1 N–H and O–H groups in total. The van der Waals surface area contributed by atoms with Crippen LogP contribution in [0.3, 0.4) is 0 Å². The summed E-state index contributed by atoms with van der Waals surface area (Å²) in [4.78, 5) is 12.8. The first-order valence-corrected chi connectivity index (χ1v) is 13.5. The zero-order valence-corrected chi connectivity index (χ0v) is 23.5. The second kappa shape index (κ2) is 12.7. The summed E-state index contributed by atoms with van der Waals surface area (Å²) in [6.45, 7) is 3.74. The van der Waals surface area contributed by atoms with Crippen LogP contribution in [0.2, 0.25) is 5.02 Å². The fourth-order valence-corrected chi connectivity index (χ4v) is 5.27. The van der Waals surface area contributed by atoms with Crippen LogP contribution in [0, 0.1) is 13.8 Å². The molecule has 11 heteroatoms. The van der Waals surface area contributed by atoms with Crippen molar-refractivity contribution in [3.05, 3.63) is 70.7 Å². The Hall–Kier alpha value is -3.63. The molecule has 1 amide bonds. The molecule has 38 heavy (non-hydrogen) atoms. The number of amides is 1. The Morgan fingerprint density at radius 2 is 1.55 bits per heavy atom. The summed E-state index contributed by atoms with van der Waals surface area (Å²) in [5, 5.41) is 2.99. The van der Waals surface area contributed by atoms with Crippen LogP contribution in [0.15, 0.2) is 59.5 Å². The van der Waals surface area contributed by atoms with Crippen molar-refractivity contribution < 1.29 is 32.2 Å². The van der Waals surface area contributed by atoms with Crippen molar-refractivity contribution in [1.29, 1.82) is 0 Å². The molecule has 204 valence electrons.